The van der Waals surface area contributed by atoms with E-state index in [4.69, 9.17) is 0 Å². The number of piperazine rings is 1. The first kappa shape index (κ1) is 19.9. The molecule has 2 bridgehead atoms. The summed E-state index contributed by atoms with van der Waals surface area (Å²) in [5, 5.41) is 0. The fraction of sp³-hybridized carbons (Fsp3) is 0.667. The van der Waals surface area contributed by atoms with Crippen molar-refractivity contribution in [1.29, 1.82) is 0 Å². The molecule has 0 N–H and O–H groups in total. The molecule has 158 valence electrons. The molecule has 4 heterocycles. The molecule has 29 heavy (non-hydrogen) atoms. The van der Waals surface area contributed by atoms with Gasteiger partial charge in [-0.15, -0.1) is 0 Å². The lowest BCUT2D eigenvalue weighted by Gasteiger charge is -2.42. The summed E-state index contributed by atoms with van der Waals surface area (Å²) in [5.74, 6) is 0.742. The molecule has 2 fully saturated rings. The van der Waals surface area contributed by atoms with Gasteiger partial charge in [-0.25, -0.2) is 4.79 Å². The lowest BCUT2D eigenvalue weighted by Crippen LogP contribution is -2.51. The van der Waals surface area contributed by atoms with E-state index in [1.54, 1.807) is 25.9 Å². The van der Waals surface area contributed by atoms with Gasteiger partial charge >= 0.3 is 6.03 Å². The second-order valence-corrected chi connectivity index (χ2v) is 8.86. The zero-order valence-electron chi connectivity index (χ0n) is 17.6. The lowest BCUT2D eigenvalue weighted by atomic mass is 9.83. The highest BCUT2D eigenvalue weighted by atomic mass is 16.2. The van der Waals surface area contributed by atoms with E-state index >= 15 is 0 Å². The topological polar surface area (TPSA) is 69.1 Å². The van der Waals surface area contributed by atoms with Crippen molar-refractivity contribution >= 4 is 11.9 Å². The average Bonchev–Trinajstić information content (AvgIpc) is 2.70. The molecular weight excluding hydrogens is 370 g/mol. The molecule has 8 heteroatoms. The van der Waals surface area contributed by atoms with Crippen molar-refractivity contribution < 1.29 is 9.59 Å². The molecular formula is C21H31N5O3. The number of fused-ring (bicyclic) bond motifs is 4. The van der Waals surface area contributed by atoms with Gasteiger partial charge in [0.25, 0.3) is 5.56 Å². The van der Waals surface area contributed by atoms with E-state index in [9.17, 15) is 14.4 Å². The second kappa shape index (κ2) is 7.82. The summed E-state index contributed by atoms with van der Waals surface area (Å²) in [6.45, 7) is 7.35. The molecule has 0 unspecified atom stereocenters. The van der Waals surface area contributed by atoms with Crippen LogP contribution >= 0.6 is 0 Å². The molecule has 0 spiro atoms. The molecule has 2 saturated heterocycles. The van der Waals surface area contributed by atoms with E-state index in [2.05, 4.69) is 11.0 Å². The largest absolute Gasteiger partial charge is 0.342 e. The molecule has 3 aliphatic heterocycles. The van der Waals surface area contributed by atoms with Gasteiger partial charge in [-0.05, 0) is 18.4 Å². The van der Waals surface area contributed by atoms with E-state index in [0.717, 1.165) is 37.3 Å². The summed E-state index contributed by atoms with van der Waals surface area (Å²) in [6.07, 6.45) is 1.06. The molecule has 2 atom stereocenters. The molecule has 0 aromatic carbocycles. The van der Waals surface area contributed by atoms with Crippen LogP contribution in [0.15, 0.2) is 16.9 Å². The van der Waals surface area contributed by atoms with Gasteiger partial charge in [0.2, 0.25) is 5.91 Å². The minimum absolute atomic E-state index is 0.0460. The van der Waals surface area contributed by atoms with Crippen molar-refractivity contribution in [1.82, 2.24) is 24.2 Å². The van der Waals surface area contributed by atoms with Crippen molar-refractivity contribution in [3.8, 4) is 0 Å². The number of piperidine rings is 1. The Hall–Kier alpha value is -2.35. The molecule has 4 rings (SSSR count). The Morgan fingerprint density at radius 3 is 2.41 bits per heavy atom. The summed E-state index contributed by atoms with van der Waals surface area (Å²) in [4.78, 5) is 44.7. The van der Waals surface area contributed by atoms with Gasteiger partial charge in [0, 0.05) is 90.6 Å². The third kappa shape index (κ3) is 3.90. The third-order valence-electron chi connectivity index (χ3n) is 6.55. The van der Waals surface area contributed by atoms with Crippen LogP contribution in [-0.2, 0) is 17.9 Å². The first-order valence-electron chi connectivity index (χ1n) is 10.5. The summed E-state index contributed by atoms with van der Waals surface area (Å²) < 4.78 is 1.96. The lowest BCUT2D eigenvalue weighted by molar-refractivity contribution is -0.131. The maximum absolute atomic E-state index is 13.2. The van der Waals surface area contributed by atoms with Gasteiger partial charge in [-0.3, -0.25) is 14.5 Å². The van der Waals surface area contributed by atoms with Crippen molar-refractivity contribution in [2.45, 2.75) is 32.4 Å². The maximum atomic E-state index is 13.2. The number of amides is 3. The summed E-state index contributed by atoms with van der Waals surface area (Å²) in [5.41, 5.74) is 2.01. The summed E-state index contributed by atoms with van der Waals surface area (Å²) in [7, 11) is 3.54. The number of hydrogen-bond acceptors (Lipinski definition) is 4. The second-order valence-electron chi connectivity index (χ2n) is 8.86. The monoisotopic (exact) mass is 401 g/mol. The Bertz CT molecular complexity index is 856. The SMILES string of the molecule is CC(=O)N1C[C@@H]2C[C@H](C1)c1ccc(CN3CCN(C(=O)N(C)C)CC3)c(=O)n1C2. The van der Waals surface area contributed by atoms with Gasteiger partial charge in [0.1, 0.15) is 0 Å². The van der Waals surface area contributed by atoms with Crippen LogP contribution < -0.4 is 5.56 Å². The van der Waals surface area contributed by atoms with E-state index in [0.29, 0.717) is 38.6 Å². The predicted octanol–water partition coefficient (Wildman–Crippen LogP) is 0.613. The number of urea groups is 1. The highest BCUT2D eigenvalue weighted by Crippen LogP contribution is 2.35. The number of carbonyl (C=O) groups excluding carboxylic acids is 2. The van der Waals surface area contributed by atoms with Gasteiger partial charge in [-0.2, -0.15) is 0 Å². The highest BCUT2D eigenvalue weighted by Gasteiger charge is 2.36. The quantitative estimate of drug-likeness (QED) is 0.728. The minimum atomic E-state index is 0.0460. The molecule has 1 aromatic heterocycles. The predicted molar refractivity (Wildman–Crippen MR) is 110 cm³/mol. The van der Waals surface area contributed by atoms with Crippen LogP contribution in [0.2, 0.25) is 0 Å². The van der Waals surface area contributed by atoms with E-state index in [1.165, 1.54) is 0 Å². The van der Waals surface area contributed by atoms with Crippen LogP contribution in [0, 0.1) is 5.92 Å². The van der Waals surface area contributed by atoms with Crippen LogP contribution in [0.3, 0.4) is 0 Å². The Labute approximate surface area is 171 Å². The molecule has 1 aromatic rings. The van der Waals surface area contributed by atoms with Gasteiger partial charge < -0.3 is 19.3 Å². The summed E-state index contributed by atoms with van der Waals surface area (Å²) >= 11 is 0. The van der Waals surface area contributed by atoms with Crippen LogP contribution in [0.5, 0.6) is 0 Å². The Morgan fingerprint density at radius 2 is 1.76 bits per heavy atom. The number of aromatic nitrogens is 1. The molecule has 3 amide bonds. The number of nitrogens with zero attached hydrogens (tertiary/aromatic N) is 5. The Balaban J connectivity index is 1.45. The smallest absolute Gasteiger partial charge is 0.319 e. The molecule has 0 radical (unpaired) electrons. The molecule has 0 saturated carbocycles. The van der Waals surface area contributed by atoms with E-state index < -0.39 is 0 Å². The number of rotatable bonds is 2. The fourth-order valence-electron chi connectivity index (χ4n) is 4.99. The Kier molecular flexibility index (Phi) is 5.38. The van der Waals surface area contributed by atoms with Crippen LogP contribution in [0.25, 0.3) is 0 Å². The first-order chi connectivity index (χ1) is 13.8. The minimum Gasteiger partial charge on any atom is -0.342 e. The van der Waals surface area contributed by atoms with Crippen molar-refractivity contribution in [3.05, 3.63) is 33.7 Å². The van der Waals surface area contributed by atoms with Crippen LogP contribution in [0.4, 0.5) is 4.79 Å². The van der Waals surface area contributed by atoms with E-state index in [1.807, 2.05) is 20.4 Å². The third-order valence-corrected chi connectivity index (χ3v) is 6.55. The highest BCUT2D eigenvalue weighted by molar-refractivity contribution is 5.74. The fourth-order valence-corrected chi connectivity index (χ4v) is 4.99. The van der Waals surface area contributed by atoms with Crippen molar-refractivity contribution in [3.63, 3.8) is 0 Å². The molecule has 0 aliphatic carbocycles. The average molecular weight is 402 g/mol. The van der Waals surface area contributed by atoms with E-state index in [-0.39, 0.29) is 23.4 Å². The maximum Gasteiger partial charge on any atom is 0.319 e. The van der Waals surface area contributed by atoms with Crippen molar-refractivity contribution in [2.24, 2.45) is 5.92 Å². The van der Waals surface area contributed by atoms with Gasteiger partial charge in [-0.1, -0.05) is 6.07 Å². The zero-order chi connectivity index (χ0) is 20.7. The normalized spacial score (nSPS) is 24.2. The molecule has 8 nitrogen and oxygen atoms in total. The standard InChI is InChI=1S/C21H31N5O3/c1-15(27)25-11-16-10-18(14-25)19-5-4-17(20(28)26(19)12-16)13-23-6-8-24(9-7-23)21(29)22(2)3/h4-5,16,18H,6-14H2,1-3H3/t16-,18+/m0/s1. The van der Waals surface area contributed by atoms with Gasteiger partial charge in [0.05, 0.1) is 0 Å². The number of carbonyl (C=O) groups is 2. The number of likely N-dealkylation sites (tertiary alicyclic amines) is 1. The van der Waals surface area contributed by atoms with Crippen LogP contribution in [-0.4, -0.2) is 89.5 Å². The van der Waals surface area contributed by atoms with Gasteiger partial charge in [0.15, 0.2) is 0 Å². The Morgan fingerprint density at radius 1 is 1.03 bits per heavy atom. The first-order valence-corrected chi connectivity index (χ1v) is 10.5. The van der Waals surface area contributed by atoms with Crippen LogP contribution in [0.1, 0.15) is 30.5 Å². The number of hydrogen-bond donors (Lipinski definition) is 0. The van der Waals surface area contributed by atoms with Crippen molar-refractivity contribution in [2.75, 3.05) is 53.4 Å². The number of pyridine rings is 1. The zero-order valence-corrected chi connectivity index (χ0v) is 17.6. The summed E-state index contributed by atoms with van der Waals surface area (Å²) in [6, 6.07) is 4.11. The molecule has 3 aliphatic rings.